The molecule has 8 aromatic rings. The van der Waals surface area contributed by atoms with Gasteiger partial charge in [-0.15, -0.1) is 0 Å². The number of nitrogen functional groups attached to an aromatic ring is 1. The first-order valence-corrected chi connectivity index (χ1v) is 13.9. The summed E-state index contributed by atoms with van der Waals surface area (Å²) in [4.78, 5) is 0. The molecule has 40 heavy (non-hydrogen) atoms. The predicted molar refractivity (Wildman–Crippen MR) is 170 cm³/mol. The highest BCUT2D eigenvalue weighted by Gasteiger charge is 2.24. The van der Waals surface area contributed by atoms with Gasteiger partial charge in [0.2, 0.25) is 0 Å². The zero-order valence-corrected chi connectivity index (χ0v) is 21.9. The molecular formula is C36H26N4. The van der Waals surface area contributed by atoms with E-state index in [1.807, 2.05) is 4.68 Å². The van der Waals surface area contributed by atoms with Gasteiger partial charge in [0.05, 0.1) is 33.1 Å². The Balaban J connectivity index is 1.60. The van der Waals surface area contributed by atoms with Crippen molar-refractivity contribution >= 4 is 71.1 Å². The summed E-state index contributed by atoms with van der Waals surface area (Å²) in [6.07, 6.45) is 9.07. The number of para-hydroxylation sites is 3. The Labute approximate surface area is 230 Å². The highest BCUT2D eigenvalue weighted by Crippen LogP contribution is 2.45. The fraction of sp³-hybridized carbons (Fsp3) is 0.0556. The van der Waals surface area contributed by atoms with E-state index >= 15 is 0 Å². The van der Waals surface area contributed by atoms with Gasteiger partial charge in [-0.1, -0.05) is 78.9 Å². The first-order chi connectivity index (χ1) is 19.8. The smallest absolute Gasteiger partial charge is 0.0789 e. The SMILES string of the molecule is Nn1c2ccccc2c2c3c4ccc5c6ccccc6n(-c6ccccc6)c5c4n(C4=CCCC=C4)c3ccc21. The largest absolute Gasteiger partial charge is 0.339 e. The molecule has 4 nitrogen and oxygen atoms in total. The van der Waals surface area contributed by atoms with Crippen LogP contribution >= 0.6 is 0 Å². The molecule has 0 saturated carbocycles. The first-order valence-electron chi connectivity index (χ1n) is 13.9. The van der Waals surface area contributed by atoms with E-state index < -0.39 is 0 Å². The predicted octanol–water partition coefficient (Wildman–Crippen LogP) is 8.90. The van der Waals surface area contributed by atoms with Crippen LogP contribution < -0.4 is 5.84 Å². The summed E-state index contributed by atoms with van der Waals surface area (Å²) in [7, 11) is 0. The van der Waals surface area contributed by atoms with Crippen molar-refractivity contribution in [3.8, 4) is 5.69 Å². The lowest BCUT2D eigenvalue weighted by atomic mass is 10.0. The standard InChI is InChI=1S/C36H26N4/c37-40-30-18-10-8-16-27(30)33-32(40)22-21-31-34(33)28-20-19-26-25-15-7-9-17-29(25)38(23-11-3-1-4-12-23)35(26)36(28)39(31)24-13-5-2-6-14-24/h1,3-5,7-22H,2,6,37H2. The molecule has 0 saturated heterocycles. The van der Waals surface area contributed by atoms with E-state index in [-0.39, 0.29) is 0 Å². The van der Waals surface area contributed by atoms with Crippen LogP contribution in [0.1, 0.15) is 12.8 Å². The van der Waals surface area contributed by atoms with E-state index in [1.165, 1.54) is 60.1 Å². The molecule has 3 aromatic heterocycles. The third-order valence-electron chi connectivity index (χ3n) is 8.65. The lowest BCUT2D eigenvalue weighted by molar-refractivity contribution is 1.02. The highest BCUT2D eigenvalue weighted by atomic mass is 15.3. The van der Waals surface area contributed by atoms with Crippen LogP contribution in [0.4, 0.5) is 0 Å². The molecule has 0 radical (unpaired) electrons. The number of aromatic nitrogens is 3. The second-order valence-electron chi connectivity index (χ2n) is 10.7. The average Bonchev–Trinajstić information content (AvgIpc) is 3.64. The van der Waals surface area contributed by atoms with Crippen molar-refractivity contribution in [2.75, 3.05) is 5.84 Å². The molecule has 1 aliphatic rings. The molecule has 9 rings (SSSR count). The minimum Gasteiger partial charge on any atom is -0.339 e. The van der Waals surface area contributed by atoms with E-state index in [4.69, 9.17) is 5.84 Å². The summed E-state index contributed by atoms with van der Waals surface area (Å²) in [6.45, 7) is 0. The van der Waals surface area contributed by atoms with Crippen molar-refractivity contribution in [1.82, 2.24) is 13.8 Å². The van der Waals surface area contributed by atoms with Gasteiger partial charge in [0.1, 0.15) is 0 Å². The zero-order valence-electron chi connectivity index (χ0n) is 21.9. The van der Waals surface area contributed by atoms with Gasteiger partial charge in [0.15, 0.2) is 0 Å². The zero-order chi connectivity index (χ0) is 26.4. The maximum Gasteiger partial charge on any atom is 0.0789 e. The summed E-state index contributed by atoms with van der Waals surface area (Å²) in [5, 5.41) is 7.40. The molecule has 0 atom stereocenters. The van der Waals surface area contributed by atoms with Crippen LogP contribution in [0.2, 0.25) is 0 Å². The number of hydrogen-bond acceptors (Lipinski definition) is 1. The topological polar surface area (TPSA) is 40.8 Å². The van der Waals surface area contributed by atoms with Crippen LogP contribution in [0.5, 0.6) is 0 Å². The summed E-state index contributed by atoms with van der Waals surface area (Å²) < 4.78 is 6.77. The number of allylic oxidation sites excluding steroid dienone is 4. The van der Waals surface area contributed by atoms with Crippen LogP contribution in [0.15, 0.2) is 121 Å². The molecule has 0 fully saturated rings. The Morgan fingerprint density at radius 3 is 2.00 bits per heavy atom. The van der Waals surface area contributed by atoms with E-state index in [0.717, 1.165) is 29.6 Å². The van der Waals surface area contributed by atoms with Gasteiger partial charge in [-0.05, 0) is 55.3 Å². The van der Waals surface area contributed by atoms with Crippen LogP contribution in [-0.2, 0) is 0 Å². The van der Waals surface area contributed by atoms with Crippen LogP contribution in [-0.4, -0.2) is 13.8 Å². The van der Waals surface area contributed by atoms with Gasteiger partial charge in [-0.25, -0.2) is 0 Å². The van der Waals surface area contributed by atoms with Gasteiger partial charge >= 0.3 is 0 Å². The summed E-state index contributed by atoms with van der Waals surface area (Å²) in [6, 6.07) is 37.1. The summed E-state index contributed by atoms with van der Waals surface area (Å²) in [5.41, 5.74) is 9.34. The lowest BCUT2D eigenvalue weighted by Crippen LogP contribution is -2.06. The lowest BCUT2D eigenvalue weighted by Gasteiger charge is -2.14. The number of fused-ring (bicyclic) bond motifs is 11. The number of rotatable bonds is 2. The molecule has 0 amide bonds. The second-order valence-corrected chi connectivity index (χ2v) is 10.7. The molecule has 5 aromatic carbocycles. The van der Waals surface area contributed by atoms with E-state index in [9.17, 15) is 0 Å². The quantitative estimate of drug-likeness (QED) is 0.230. The number of benzene rings is 5. The monoisotopic (exact) mass is 514 g/mol. The van der Waals surface area contributed by atoms with Gasteiger partial charge in [0, 0.05) is 43.7 Å². The average molecular weight is 515 g/mol. The fourth-order valence-electron chi connectivity index (χ4n) is 7.01. The Morgan fingerprint density at radius 2 is 1.18 bits per heavy atom. The number of nitrogens with zero attached hydrogens (tertiary/aromatic N) is 3. The molecule has 4 heteroatoms. The van der Waals surface area contributed by atoms with Crippen LogP contribution in [0, 0.1) is 0 Å². The number of nitrogens with two attached hydrogens (primary N) is 1. The molecule has 0 aliphatic heterocycles. The first kappa shape index (κ1) is 21.7. The minimum atomic E-state index is 1.04. The molecule has 2 N–H and O–H groups in total. The maximum atomic E-state index is 6.68. The highest BCUT2D eigenvalue weighted by molar-refractivity contribution is 6.32. The molecule has 190 valence electrons. The molecule has 3 heterocycles. The van der Waals surface area contributed by atoms with Crippen molar-refractivity contribution in [2.45, 2.75) is 12.8 Å². The molecule has 0 spiro atoms. The van der Waals surface area contributed by atoms with Crippen molar-refractivity contribution in [2.24, 2.45) is 0 Å². The summed E-state index contributed by atoms with van der Waals surface area (Å²) in [5.74, 6) is 6.68. The van der Waals surface area contributed by atoms with Crippen LogP contribution in [0.3, 0.4) is 0 Å². The van der Waals surface area contributed by atoms with Crippen molar-refractivity contribution in [1.29, 1.82) is 0 Å². The Hall–Kier alpha value is -5.22. The molecule has 0 unspecified atom stereocenters. The van der Waals surface area contributed by atoms with E-state index in [2.05, 4.69) is 130 Å². The molecular weight excluding hydrogens is 488 g/mol. The number of hydrogen-bond donors (Lipinski definition) is 1. The molecule has 0 bridgehead atoms. The van der Waals surface area contributed by atoms with Crippen LogP contribution in [0.25, 0.3) is 76.8 Å². The minimum absolute atomic E-state index is 1.04. The normalized spacial score (nSPS) is 13.9. The fourth-order valence-corrected chi connectivity index (χ4v) is 7.01. The van der Waals surface area contributed by atoms with Gasteiger partial charge in [0.25, 0.3) is 0 Å². The Bertz CT molecular complexity index is 2380. The van der Waals surface area contributed by atoms with Crippen molar-refractivity contribution in [3.63, 3.8) is 0 Å². The molecule has 1 aliphatic carbocycles. The van der Waals surface area contributed by atoms with E-state index in [0.29, 0.717) is 0 Å². The van der Waals surface area contributed by atoms with Crippen molar-refractivity contribution in [3.05, 3.63) is 121 Å². The Kier molecular flexibility index (Phi) is 4.28. The third-order valence-corrected chi connectivity index (χ3v) is 8.65. The third kappa shape index (κ3) is 2.70. The maximum absolute atomic E-state index is 6.68. The van der Waals surface area contributed by atoms with E-state index in [1.54, 1.807) is 0 Å². The van der Waals surface area contributed by atoms with Gasteiger partial charge in [-0.2, -0.15) is 0 Å². The van der Waals surface area contributed by atoms with Gasteiger partial charge in [-0.3, -0.25) is 4.68 Å². The Morgan fingerprint density at radius 1 is 0.500 bits per heavy atom. The van der Waals surface area contributed by atoms with Crippen molar-refractivity contribution < 1.29 is 0 Å². The van der Waals surface area contributed by atoms with Gasteiger partial charge < -0.3 is 15.0 Å². The summed E-state index contributed by atoms with van der Waals surface area (Å²) >= 11 is 0. The second kappa shape index (κ2) is 7.90.